The number of halogens is 1. The molecule has 8 heteroatoms. The van der Waals surface area contributed by atoms with Gasteiger partial charge in [0, 0.05) is 7.05 Å². The second kappa shape index (κ2) is 8.11. The third kappa shape index (κ3) is 5.57. The zero-order valence-corrected chi connectivity index (χ0v) is 13.3. The number of aryl methyl sites for hydroxylation is 1. The number of hydrogen-bond acceptors (Lipinski definition) is 5. The Morgan fingerprint density at radius 3 is 2.70 bits per heavy atom. The number of rotatable bonds is 6. The zero-order valence-electron chi connectivity index (χ0n) is 13.3. The molecule has 7 nitrogen and oxygen atoms in total. The first-order valence-corrected chi connectivity index (χ1v) is 7.22. The third-order valence-corrected chi connectivity index (χ3v) is 2.91. The lowest BCUT2D eigenvalue weighted by Gasteiger charge is -2.17. The first kappa shape index (κ1) is 16.7. The van der Waals surface area contributed by atoms with Gasteiger partial charge in [-0.1, -0.05) is 5.16 Å². The minimum absolute atomic E-state index is 0.121. The molecular weight excluding hydrogens is 301 g/mol. The van der Waals surface area contributed by atoms with E-state index in [-0.39, 0.29) is 11.9 Å². The molecule has 0 aliphatic carbocycles. The summed E-state index contributed by atoms with van der Waals surface area (Å²) in [5, 5.41) is 9.91. The second-order valence-electron chi connectivity index (χ2n) is 4.92. The number of aliphatic imine (C=N–C) groups is 1. The fourth-order valence-corrected chi connectivity index (χ4v) is 1.82. The van der Waals surface area contributed by atoms with E-state index in [1.165, 1.54) is 12.1 Å². The van der Waals surface area contributed by atoms with Crippen LogP contribution in [0.3, 0.4) is 0 Å². The lowest BCUT2D eigenvalue weighted by atomic mass is 10.3. The van der Waals surface area contributed by atoms with E-state index < -0.39 is 0 Å². The molecule has 0 saturated carbocycles. The van der Waals surface area contributed by atoms with Crippen LogP contribution in [0, 0.1) is 12.7 Å². The van der Waals surface area contributed by atoms with Gasteiger partial charge >= 0.3 is 0 Å². The molecule has 2 aromatic rings. The van der Waals surface area contributed by atoms with Crippen molar-refractivity contribution in [3.63, 3.8) is 0 Å². The Morgan fingerprint density at radius 1 is 1.35 bits per heavy atom. The third-order valence-electron chi connectivity index (χ3n) is 2.91. The summed E-state index contributed by atoms with van der Waals surface area (Å²) in [5.41, 5.74) is 0. The smallest absolute Gasteiger partial charge is 0.246 e. The molecule has 1 unspecified atom stereocenters. The number of hydrogen-bond donors (Lipinski definition) is 2. The van der Waals surface area contributed by atoms with E-state index in [1.54, 1.807) is 26.1 Å². The summed E-state index contributed by atoms with van der Waals surface area (Å²) in [6.45, 7) is 4.58. The highest BCUT2D eigenvalue weighted by atomic mass is 19.1. The van der Waals surface area contributed by atoms with Gasteiger partial charge in [0.25, 0.3) is 0 Å². The van der Waals surface area contributed by atoms with E-state index in [1.807, 2.05) is 6.92 Å². The van der Waals surface area contributed by atoms with E-state index in [2.05, 4.69) is 25.8 Å². The van der Waals surface area contributed by atoms with E-state index in [0.717, 1.165) is 0 Å². The van der Waals surface area contributed by atoms with Crippen LogP contribution in [0.15, 0.2) is 33.8 Å². The number of nitrogens with one attached hydrogen (secondary N) is 2. The molecule has 0 fully saturated rings. The van der Waals surface area contributed by atoms with E-state index in [4.69, 9.17) is 9.26 Å². The molecule has 0 bridgehead atoms. The van der Waals surface area contributed by atoms with Gasteiger partial charge < -0.3 is 19.9 Å². The summed E-state index contributed by atoms with van der Waals surface area (Å²) in [6.07, 6.45) is -0.121. The first-order valence-electron chi connectivity index (χ1n) is 7.22. The quantitative estimate of drug-likeness (QED) is 0.622. The van der Waals surface area contributed by atoms with Crippen LogP contribution in [0.25, 0.3) is 0 Å². The summed E-state index contributed by atoms with van der Waals surface area (Å²) >= 11 is 0. The normalized spacial score (nSPS) is 12.8. The zero-order chi connectivity index (χ0) is 16.7. The Kier molecular flexibility index (Phi) is 5.90. The van der Waals surface area contributed by atoms with Crippen molar-refractivity contribution in [2.24, 2.45) is 4.99 Å². The molecule has 1 aromatic heterocycles. The van der Waals surface area contributed by atoms with Crippen molar-refractivity contribution >= 4 is 5.96 Å². The van der Waals surface area contributed by atoms with Gasteiger partial charge in [-0.25, -0.2) is 4.39 Å². The second-order valence-corrected chi connectivity index (χ2v) is 4.92. The highest BCUT2D eigenvalue weighted by Gasteiger charge is 2.07. The molecule has 1 atom stereocenters. The van der Waals surface area contributed by atoms with Gasteiger partial charge in [-0.05, 0) is 38.1 Å². The molecule has 23 heavy (non-hydrogen) atoms. The van der Waals surface area contributed by atoms with E-state index >= 15 is 0 Å². The van der Waals surface area contributed by atoms with Crippen LogP contribution in [0.2, 0.25) is 0 Å². The maximum atomic E-state index is 12.8. The molecule has 1 heterocycles. The van der Waals surface area contributed by atoms with Crippen LogP contribution in [-0.4, -0.2) is 35.8 Å². The van der Waals surface area contributed by atoms with Crippen LogP contribution in [0.4, 0.5) is 4.39 Å². The van der Waals surface area contributed by atoms with Crippen LogP contribution in [-0.2, 0) is 6.54 Å². The van der Waals surface area contributed by atoms with Crippen molar-refractivity contribution in [2.45, 2.75) is 26.5 Å². The fraction of sp³-hybridized carbons (Fsp3) is 0.400. The van der Waals surface area contributed by atoms with Crippen LogP contribution >= 0.6 is 0 Å². The predicted octanol–water partition coefficient (Wildman–Crippen LogP) is 1.65. The molecule has 0 radical (unpaired) electrons. The molecular formula is C15H20FN5O2. The Bertz CT molecular complexity index is 642. The Labute approximate surface area is 134 Å². The van der Waals surface area contributed by atoms with Gasteiger partial charge in [-0.3, -0.25) is 4.99 Å². The average Bonchev–Trinajstić information content (AvgIpc) is 2.95. The van der Waals surface area contributed by atoms with Crippen LogP contribution in [0.1, 0.15) is 18.6 Å². The Morgan fingerprint density at radius 2 is 2.09 bits per heavy atom. The van der Waals surface area contributed by atoms with Gasteiger partial charge in [-0.2, -0.15) is 4.98 Å². The molecule has 124 valence electrons. The topological polar surface area (TPSA) is 84.6 Å². The van der Waals surface area contributed by atoms with Crippen molar-refractivity contribution in [2.75, 3.05) is 13.6 Å². The van der Waals surface area contributed by atoms with Gasteiger partial charge in [0.15, 0.2) is 11.8 Å². The SMILES string of the molecule is CN=C(NCc1nc(C)no1)NCC(C)Oc1ccc(F)cc1. The molecule has 2 rings (SSSR count). The Balaban J connectivity index is 1.75. The van der Waals surface area contributed by atoms with Crippen molar-refractivity contribution < 1.29 is 13.7 Å². The van der Waals surface area contributed by atoms with Gasteiger partial charge in [0.1, 0.15) is 17.7 Å². The summed E-state index contributed by atoms with van der Waals surface area (Å²) in [6, 6.07) is 5.92. The number of aromatic nitrogens is 2. The molecule has 1 aromatic carbocycles. The van der Waals surface area contributed by atoms with Crippen molar-refractivity contribution in [3.05, 3.63) is 41.8 Å². The van der Waals surface area contributed by atoms with E-state index in [0.29, 0.717) is 36.5 Å². The molecule has 0 saturated heterocycles. The molecule has 0 aliphatic rings. The lowest BCUT2D eigenvalue weighted by Crippen LogP contribution is -2.41. The van der Waals surface area contributed by atoms with E-state index in [9.17, 15) is 4.39 Å². The lowest BCUT2D eigenvalue weighted by molar-refractivity contribution is 0.223. The maximum absolute atomic E-state index is 12.8. The largest absolute Gasteiger partial charge is 0.489 e. The van der Waals surface area contributed by atoms with Crippen molar-refractivity contribution in [3.8, 4) is 5.75 Å². The minimum atomic E-state index is -0.288. The highest BCUT2D eigenvalue weighted by molar-refractivity contribution is 5.79. The average molecular weight is 321 g/mol. The van der Waals surface area contributed by atoms with Crippen molar-refractivity contribution in [1.29, 1.82) is 0 Å². The monoisotopic (exact) mass is 321 g/mol. The predicted molar refractivity (Wildman–Crippen MR) is 83.7 cm³/mol. The maximum Gasteiger partial charge on any atom is 0.246 e. The highest BCUT2D eigenvalue weighted by Crippen LogP contribution is 2.12. The Hall–Kier alpha value is -2.64. The van der Waals surface area contributed by atoms with Crippen LogP contribution < -0.4 is 15.4 Å². The number of ether oxygens (including phenoxy) is 1. The summed E-state index contributed by atoms with van der Waals surface area (Å²) in [4.78, 5) is 8.20. The molecule has 0 amide bonds. The standard InChI is InChI=1S/C15H20FN5O2/c1-10(22-13-6-4-12(16)5-7-13)8-18-15(17-3)19-9-14-20-11(2)21-23-14/h4-7,10H,8-9H2,1-3H3,(H2,17,18,19). The fourth-order valence-electron chi connectivity index (χ4n) is 1.82. The van der Waals surface area contributed by atoms with Gasteiger partial charge in [0.2, 0.25) is 5.89 Å². The van der Waals surface area contributed by atoms with Gasteiger partial charge in [-0.15, -0.1) is 0 Å². The number of guanidine groups is 1. The molecule has 2 N–H and O–H groups in total. The number of nitrogens with zero attached hydrogens (tertiary/aromatic N) is 3. The molecule has 0 aliphatic heterocycles. The molecule has 0 spiro atoms. The van der Waals surface area contributed by atoms with Gasteiger partial charge in [0.05, 0.1) is 13.1 Å². The summed E-state index contributed by atoms with van der Waals surface area (Å²) in [5.74, 6) is 2.00. The van der Waals surface area contributed by atoms with Crippen molar-refractivity contribution in [1.82, 2.24) is 20.8 Å². The summed E-state index contributed by atoms with van der Waals surface area (Å²) < 4.78 is 23.5. The first-order chi connectivity index (χ1) is 11.1. The minimum Gasteiger partial charge on any atom is -0.489 e. The van der Waals surface area contributed by atoms with Crippen LogP contribution in [0.5, 0.6) is 5.75 Å². The summed E-state index contributed by atoms with van der Waals surface area (Å²) in [7, 11) is 1.67. The number of benzene rings is 1.